The number of rotatable bonds is 7. The molecular weight excluding hydrogens is 450 g/mol. The van der Waals surface area contributed by atoms with Gasteiger partial charge < -0.3 is 5.32 Å². The molecule has 0 aliphatic carbocycles. The van der Waals surface area contributed by atoms with Crippen molar-refractivity contribution in [3.8, 4) is 0 Å². The number of benzene rings is 3. The highest BCUT2D eigenvalue weighted by molar-refractivity contribution is 7.89. The summed E-state index contributed by atoms with van der Waals surface area (Å²) in [6.45, 7) is -0.592. The first-order valence-corrected chi connectivity index (χ1v) is 11.0. The number of sulfonamides is 1. The second kappa shape index (κ2) is 9.57. The van der Waals surface area contributed by atoms with E-state index in [0.717, 1.165) is 4.31 Å². The van der Waals surface area contributed by atoms with Gasteiger partial charge in [0.2, 0.25) is 15.9 Å². The smallest absolute Gasteiger partial charge is 0.243 e. The average molecular weight is 467 g/mol. The molecule has 1 N–H and O–H groups in total. The van der Waals surface area contributed by atoms with Crippen LogP contribution < -0.4 is 5.32 Å². The largest absolute Gasteiger partial charge is 0.324 e. The Morgan fingerprint density at radius 2 is 1.60 bits per heavy atom. The quantitative estimate of drug-likeness (QED) is 0.534. The van der Waals surface area contributed by atoms with E-state index in [1.807, 2.05) is 0 Å². The van der Waals surface area contributed by atoms with Crippen molar-refractivity contribution < 1.29 is 17.6 Å². The molecule has 1 amide bonds. The lowest BCUT2D eigenvalue weighted by atomic mass is 10.2. The summed E-state index contributed by atoms with van der Waals surface area (Å²) in [5.41, 5.74) is 0.803. The van der Waals surface area contributed by atoms with Gasteiger partial charge in [0, 0.05) is 6.54 Å². The third-order valence-corrected chi connectivity index (χ3v) is 6.82. The van der Waals surface area contributed by atoms with E-state index in [-0.39, 0.29) is 27.2 Å². The van der Waals surface area contributed by atoms with Crippen LogP contribution in [0, 0.1) is 5.82 Å². The van der Waals surface area contributed by atoms with Crippen molar-refractivity contribution in [1.82, 2.24) is 4.31 Å². The molecule has 0 spiro atoms. The molecule has 0 saturated heterocycles. The van der Waals surface area contributed by atoms with Gasteiger partial charge in [0.05, 0.1) is 27.2 Å². The maximum absolute atomic E-state index is 13.2. The lowest BCUT2D eigenvalue weighted by molar-refractivity contribution is -0.116. The van der Waals surface area contributed by atoms with E-state index in [0.29, 0.717) is 5.56 Å². The molecule has 0 fully saturated rings. The van der Waals surface area contributed by atoms with Crippen LogP contribution in [0.15, 0.2) is 77.7 Å². The standard InChI is InChI=1S/C21H17Cl2FN2O3S/c22-18-7-4-8-19(21(18)23)25-20(27)14-26(13-15-9-11-16(24)12-10-15)30(28,29)17-5-2-1-3-6-17/h1-12H,13-14H2,(H,25,27). The molecule has 0 unspecified atom stereocenters. The van der Waals surface area contributed by atoms with E-state index >= 15 is 0 Å². The molecule has 0 heterocycles. The van der Waals surface area contributed by atoms with Crippen LogP contribution >= 0.6 is 23.2 Å². The number of carbonyl (C=O) groups excluding carboxylic acids is 1. The van der Waals surface area contributed by atoms with Crippen molar-refractivity contribution in [2.75, 3.05) is 11.9 Å². The second-order valence-electron chi connectivity index (χ2n) is 6.36. The number of nitrogens with one attached hydrogen (secondary N) is 1. The zero-order chi connectivity index (χ0) is 21.7. The molecule has 0 saturated carbocycles. The lowest BCUT2D eigenvalue weighted by Gasteiger charge is -2.22. The maximum Gasteiger partial charge on any atom is 0.243 e. The molecule has 0 bridgehead atoms. The number of anilines is 1. The highest BCUT2D eigenvalue weighted by Crippen LogP contribution is 2.29. The van der Waals surface area contributed by atoms with E-state index in [1.54, 1.807) is 36.4 Å². The molecular formula is C21H17Cl2FN2O3S. The van der Waals surface area contributed by atoms with Gasteiger partial charge in [-0.15, -0.1) is 0 Å². The van der Waals surface area contributed by atoms with Crippen LogP contribution in [0.25, 0.3) is 0 Å². The third kappa shape index (κ3) is 5.37. The fraction of sp³-hybridized carbons (Fsp3) is 0.0952. The molecule has 3 rings (SSSR count). The Labute approximate surface area is 184 Å². The van der Waals surface area contributed by atoms with Crippen molar-refractivity contribution in [2.24, 2.45) is 0 Å². The Balaban J connectivity index is 1.87. The Hall–Kier alpha value is -2.45. The predicted octanol–water partition coefficient (Wildman–Crippen LogP) is 4.96. The van der Waals surface area contributed by atoms with Crippen LogP contribution in [0.5, 0.6) is 0 Å². The molecule has 0 aromatic heterocycles. The Bertz CT molecular complexity index is 1140. The van der Waals surface area contributed by atoms with Gasteiger partial charge in [0.1, 0.15) is 5.82 Å². The molecule has 30 heavy (non-hydrogen) atoms. The van der Waals surface area contributed by atoms with Crippen LogP contribution in [-0.4, -0.2) is 25.2 Å². The third-order valence-electron chi connectivity index (χ3n) is 4.20. The normalized spacial score (nSPS) is 11.5. The summed E-state index contributed by atoms with van der Waals surface area (Å²) in [6.07, 6.45) is 0. The van der Waals surface area contributed by atoms with E-state index in [9.17, 15) is 17.6 Å². The zero-order valence-corrected chi connectivity index (χ0v) is 17.9. The molecule has 0 aliphatic rings. The minimum absolute atomic E-state index is 0.0423. The fourth-order valence-electron chi connectivity index (χ4n) is 2.71. The van der Waals surface area contributed by atoms with Gasteiger partial charge in [-0.05, 0) is 42.0 Å². The summed E-state index contributed by atoms with van der Waals surface area (Å²) < 4.78 is 40.5. The average Bonchev–Trinajstić information content (AvgIpc) is 2.73. The number of hydrogen-bond acceptors (Lipinski definition) is 3. The number of halogens is 3. The number of carbonyl (C=O) groups is 1. The first-order chi connectivity index (χ1) is 14.3. The number of hydrogen-bond donors (Lipinski definition) is 1. The van der Waals surface area contributed by atoms with Crippen LogP contribution in [0.3, 0.4) is 0 Å². The van der Waals surface area contributed by atoms with Crippen LogP contribution in [0.1, 0.15) is 5.56 Å². The van der Waals surface area contributed by atoms with Crippen molar-refractivity contribution in [1.29, 1.82) is 0 Å². The predicted molar refractivity (Wildman–Crippen MR) is 116 cm³/mol. The topological polar surface area (TPSA) is 66.5 Å². The van der Waals surface area contributed by atoms with Crippen molar-refractivity contribution in [3.05, 3.63) is 94.2 Å². The SMILES string of the molecule is O=C(CN(Cc1ccc(F)cc1)S(=O)(=O)c1ccccc1)Nc1cccc(Cl)c1Cl. The minimum atomic E-state index is -4.00. The summed E-state index contributed by atoms with van der Waals surface area (Å²) in [5.74, 6) is -1.04. The van der Waals surface area contributed by atoms with Crippen molar-refractivity contribution >= 4 is 44.8 Å². The lowest BCUT2D eigenvalue weighted by Crippen LogP contribution is -2.37. The highest BCUT2D eigenvalue weighted by Gasteiger charge is 2.27. The van der Waals surface area contributed by atoms with Crippen molar-refractivity contribution in [3.63, 3.8) is 0 Å². The summed E-state index contributed by atoms with van der Waals surface area (Å²) in [7, 11) is -4.00. The second-order valence-corrected chi connectivity index (χ2v) is 9.09. The Kier molecular flexibility index (Phi) is 7.10. The van der Waals surface area contributed by atoms with E-state index in [4.69, 9.17) is 23.2 Å². The van der Waals surface area contributed by atoms with Gasteiger partial charge >= 0.3 is 0 Å². The first-order valence-electron chi connectivity index (χ1n) is 8.81. The van der Waals surface area contributed by atoms with E-state index < -0.39 is 28.3 Å². The Morgan fingerprint density at radius 3 is 2.27 bits per heavy atom. The molecule has 0 aliphatic heterocycles. The molecule has 9 heteroatoms. The molecule has 3 aromatic rings. The van der Waals surface area contributed by atoms with E-state index in [1.165, 1.54) is 36.4 Å². The summed E-state index contributed by atoms with van der Waals surface area (Å²) in [4.78, 5) is 12.7. The van der Waals surface area contributed by atoms with Gasteiger partial charge in [0.25, 0.3) is 0 Å². The number of amides is 1. The van der Waals surface area contributed by atoms with Gasteiger partial charge in [-0.1, -0.05) is 59.6 Å². The van der Waals surface area contributed by atoms with Gasteiger partial charge in [-0.3, -0.25) is 4.79 Å². The summed E-state index contributed by atoms with van der Waals surface area (Å²) in [6, 6.07) is 17.9. The Morgan fingerprint density at radius 1 is 0.933 bits per heavy atom. The highest BCUT2D eigenvalue weighted by atomic mass is 35.5. The molecule has 0 radical (unpaired) electrons. The maximum atomic E-state index is 13.2. The molecule has 3 aromatic carbocycles. The monoisotopic (exact) mass is 466 g/mol. The van der Waals surface area contributed by atoms with Gasteiger partial charge in [-0.2, -0.15) is 4.31 Å². The molecule has 156 valence electrons. The van der Waals surface area contributed by atoms with Crippen molar-refractivity contribution in [2.45, 2.75) is 11.4 Å². The van der Waals surface area contributed by atoms with Crippen LogP contribution in [0.2, 0.25) is 10.0 Å². The van der Waals surface area contributed by atoms with Gasteiger partial charge in [0.15, 0.2) is 0 Å². The molecule has 0 atom stereocenters. The van der Waals surface area contributed by atoms with E-state index in [2.05, 4.69) is 5.32 Å². The first kappa shape index (κ1) is 22.2. The minimum Gasteiger partial charge on any atom is -0.324 e. The number of nitrogens with zero attached hydrogens (tertiary/aromatic N) is 1. The summed E-state index contributed by atoms with van der Waals surface area (Å²) >= 11 is 12.0. The summed E-state index contributed by atoms with van der Waals surface area (Å²) in [5, 5.41) is 2.99. The van der Waals surface area contributed by atoms with Crippen LogP contribution in [0.4, 0.5) is 10.1 Å². The van der Waals surface area contributed by atoms with Gasteiger partial charge in [-0.25, -0.2) is 12.8 Å². The molecule has 5 nitrogen and oxygen atoms in total. The fourth-order valence-corrected chi connectivity index (χ4v) is 4.46. The zero-order valence-electron chi connectivity index (χ0n) is 15.6. The van der Waals surface area contributed by atoms with Crippen LogP contribution in [-0.2, 0) is 21.4 Å².